The van der Waals surface area contributed by atoms with E-state index in [9.17, 15) is 18.3 Å². The number of carbonyl (C=O) groups excluding carboxylic acids is 1. The third kappa shape index (κ3) is 2.98. The molecule has 1 N–H and O–H groups in total. The Balaban J connectivity index is 2.20. The van der Waals surface area contributed by atoms with Crippen LogP contribution in [0.15, 0.2) is 65.3 Å². The van der Waals surface area contributed by atoms with Gasteiger partial charge in [0.15, 0.2) is 15.6 Å². The highest BCUT2D eigenvalue weighted by atomic mass is 32.2. The van der Waals surface area contributed by atoms with E-state index in [1.165, 1.54) is 12.0 Å². The van der Waals surface area contributed by atoms with Gasteiger partial charge < -0.3 is 9.84 Å². The van der Waals surface area contributed by atoms with Crippen LogP contribution in [-0.4, -0.2) is 32.8 Å². The summed E-state index contributed by atoms with van der Waals surface area (Å²) in [5.41, 5.74) is 1.06. The second-order valence-electron chi connectivity index (χ2n) is 5.67. The van der Waals surface area contributed by atoms with Gasteiger partial charge in [-0.15, -0.1) is 0 Å². The van der Waals surface area contributed by atoms with Gasteiger partial charge in [0.1, 0.15) is 16.7 Å². The minimum atomic E-state index is -3.80. The zero-order valence-corrected chi connectivity index (χ0v) is 14.5. The van der Waals surface area contributed by atoms with Crippen molar-refractivity contribution in [3.63, 3.8) is 0 Å². The molecule has 0 spiro atoms. The standard InChI is InChI=1S/C18H17NO5S/c1-24-14-10-8-12(9-11-14)15-17(25(2,22)23)16(20)18(21)19(15)13-6-4-3-5-7-13/h3-11,15,20H,1-2H3. The van der Waals surface area contributed by atoms with Crippen LogP contribution >= 0.6 is 0 Å². The predicted octanol–water partition coefficient (Wildman–Crippen LogP) is 2.60. The van der Waals surface area contributed by atoms with Crippen LogP contribution in [0.5, 0.6) is 5.75 Å². The SMILES string of the molecule is COc1ccc(C2C(S(C)(=O)=O)=C(O)C(=O)N2c2ccccc2)cc1. The largest absolute Gasteiger partial charge is 0.502 e. The molecule has 25 heavy (non-hydrogen) atoms. The number of anilines is 1. The second-order valence-corrected chi connectivity index (χ2v) is 7.66. The van der Waals surface area contributed by atoms with E-state index in [4.69, 9.17) is 4.74 Å². The Kier molecular flexibility index (Phi) is 4.26. The molecule has 1 amide bonds. The highest BCUT2D eigenvalue weighted by molar-refractivity contribution is 7.94. The number of hydrogen-bond donors (Lipinski definition) is 1. The number of rotatable bonds is 4. The fourth-order valence-corrected chi connectivity index (χ4v) is 3.99. The quantitative estimate of drug-likeness (QED) is 0.907. The van der Waals surface area contributed by atoms with Crippen LogP contribution in [0.2, 0.25) is 0 Å². The van der Waals surface area contributed by atoms with Crippen molar-refractivity contribution in [2.24, 2.45) is 0 Å². The first-order chi connectivity index (χ1) is 11.8. The van der Waals surface area contributed by atoms with Crippen LogP contribution in [0.3, 0.4) is 0 Å². The van der Waals surface area contributed by atoms with E-state index in [0.717, 1.165) is 6.26 Å². The summed E-state index contributed by atoms with van der Waals surface area (Å²) in [5.74, 6) is -0.881. The monoisotopic (exact) mass is 359 g/mol. The molecule has 6 nitrogen and oxygen atoms in total. The Labute approximate surface area is 145 Å². The number of amides is 1. The van der Waals surface area contributed by atoms with Gasteiger partial charge in [-0.2, -0.15) is 0 Å². The molecule has 2 aromatic carbocycles. The van der Waals surface area contributed by atoms with Crippen LogP contribution in [0, 0.1) is 0 Å². The first-order valence-corrected chi connectivity index (χ1v) is 9.39. The van der Waals surface area contributed by atoms with E-state index in [-0.39, 0.29) is 4.91 Å². The van der Waals surface area contributed by atoms with Crippen LogP contribution in [0.25, 0.3) is 0 Å². The van der Waals surface area contributed by atoms with Gasteiger partial charge in [0.25, 0.3) is 5.91 Å². The first kappa shape index (κ1) is 17.0. The summed E-state index contributed by atoms with van der Waals surface area (Å²) in [6.45, 7) is 0. The summed E-state index contributed by atoms with van der Waals surface area (Å²) in [7, 11) is -2.28. The fraction of sp³-hybridized carbons (Fsp3) is 0.167. The summed E-state index contributed by atoms with van der Waals surface area (Å²) in [5, 5.41) is 10.2. The number of aliphatic hydroxyl groups excluding tert-OH is 1. The van der Waals surface area contributed by atoms with Gasteiger partial charge >= 0.3 is 0 Å². The maximum Gasteiger partial charge on any atom is 0.295 e. The van der Waals surface area contributed by atoms with Crippen molar-refractivity contribution in [1.29, 1.82) is 0 Å². The number of ether oxygens (including phenoxy) is 1. The highest BCUT2D eigenvalue weighted by Crippen LogP contribution is 2.42. The van der Waals surface area contributed by atoms with Crippen molar-refractivity contribution in [1.82, 2.24) is 0 Å². The lowest BCUT2D eigenvalue weighted by molar-refractivity contribution is -0.117. The van der Waals surface area contributed by atoms with Gasteiger partial charge in [-0.05, 0) is 29.8 Å². The molecule has 2 aromatic rings. The molecule has 1 aliphatic rings. The van der Waals surface area contributed by atoms with Crippen molar-refractivity contribution < 1.29 is 23.1 Å². The minimum Gasteiger partial charge on any atom is -0.502 e. The van der Waals surface area contributed by atoms with Crippen LogP contribution < -0.4 is 9.64 Å². The Morgan fingerprint density at radius 3 is 2.16 bits per heavy atom. The molecule has 0 aliphatic carbocycles. The van der Waals surface area contributed by atoms with E-state index >= 15 is 0 Å². The number of aliphatic hydroxyl groups is 1. The molecule has 0 bridgehead atoms. The highest BCUT2D eigenvalue weighted by Gasteiger charge is 2.45. The number of benzene rings is 2. The number of para-hydroxylation sites is 1. The topological polar surface area (TPSA) is 83.9 Å². The third-order valence-corrected chi connectivity index (χ3v) is 5.24. The van der Waals surface area contributed by atoms with Crippen molar-refractivity contribution in [2.75, 3.05) is 18.3 Å². The molecule has 0 radical (unpaired) electrons. The summed E-state index contributed by atoms with van der Waals surface area (Å²) < 4.78 is 29.6. The van der Waals surface area contributed by atoms with Gasteiger partial charge in [0.05, 0.1) is 7.11 Å². The molecule has 1 aliphatic heterocycles. The number of hydrogen-bond acceptors (Lipinski definition) is 5. The Hall–Kier alpha value is -2.80. The average Bonchev–Trinajstić information content (AvgIpc) is 2.87. The smallest absolute Gasteiger partial charge is 0.295 e. The number of carbonyl (C=O) groups is 1. The second kappa shape index (κ2) is 6.25. The lowest BCUT2D eigenvalue weighted by Gasteiger charge is -2.26. The molecular weight excluding hydrogens is 342 g/mol. The molecule has 0 aromatic heterocycles. The maximum absolute atomic E-state index is 12.6. The van der Waals surface area contributed by atoms with E-state index in [1.54, 1.807) is 54.6 Å². The van der Waals surface area contributed by atoms with E-state index in [0.29, 0.717) is 17.0 Å². The van der Waals surface area contributed by atoms with Crippen molar-refractivity contribution in [3.8, 4) is 5.75 Å². The maximum atomic E-state index is 12.6. The molecular formula is C18H17NO5S. The third-order valence-electron chi connectivity index (χ3n) is 4.03. The molecule has 7 heteroatoms. The number of methoxy groups -OCH3 is 1. The Morgan fingerprint density at radius 1 is 1.04 bits per heavy atom. The molecule has 1 heterocycles. The number of sulfone groups is 1. The van der Waals surface area contributed by atoms with Gasteiger partial charge in [0.2, 0.25) is 0 Å². The lowest BCUT2D eigenvalue weighted by Crippen LogP contribution is -2.30. The van der Waals surface area contributed by atoms with Crippen LogP contribution in [0.4, 0.5) is 5.69 Å². The minimum absolute atomic E-state index is 0.300. The Bertz CT molecular complexity index is 933. The first-order valence-electron chi connectivity index (χ1n) is 7.50. The molecule has 0 saturated heterocycles. The van der Waals surface area contributed by atoms with E-state index in [2.05, 4.69) is 0 Å². The van der Waals surface area contributed by atoms with Gasteiger partial charge in [-0.25, -0.2) is 8.42 Å². The van der Waals surface area contributed by atoms with E-state index in [1.807, 2.05) is 0 Å². The molecule has 130 valence electrons. The normalized spacial score (nSPS) is 17.9. The summed E-state index contributed by atoms with van der Waals surface area (Å²) >= 11 is 0. The van der Waals surface area contributed by atoms with Crippen molar-refractivity contribution in [3.05, 3.63) is 70.8 Å². The fourth-order valence-electron chi connectivity index (χ4n) is 2.90. The number of nitrogens with zero attached hydrogens (tertiary/aromatic N) is 1. The zero-order chi connectivity index (χ0) is 18.2. The van der Waals surface area contributed by atoms with Gasteiger partial charge in [0, 0.05) is 11.9 Å². The predicted molar refractivity (Wildman–Crippen MR) is 94.2 cm³/mol. The zero-order valence-electron chi connectivity index (χ0n) is 13.7. The molecule has 1 unspecified atom stereocenters. The summed E-state index contributed by atoms with van der Waals surface area (Å²) in [6.07, 6.45) is 0.983. The van der Waals surface area contributed by atoms with Crippen molar-refractivity contribution >= 4 is 21.4 Å². The molecule has 1 atom stereocenters. The Morgan fingerprint density at radius 2 is 1.64 bits per heavy atom. The van der Waals surface area contributed by atoms with Gasteiger partial charge in [-0.3, -0.25) is 9.69 Å². The van der Waals surface area contributed by atoms with Crippen LogP contribution in [0.1, 0.15) is 11.6 Å². The average molecular weight is 359 g/mol. The molecule has 0 fully saturated rings. The molecule has 0 saturated carbocycles. The molecule has 3 rings (SSSR count). The van der Waals surface area contributed by atoms with Crippen LogP contribution in [-0.2, 0) is 14.6 Å². The summed E-state index contributed by atoms with van der Waals surface area (Å²) in [6, 6.07) is 14.4. The van der Waals surface area contributed by atoms with E-state index < -0.39 is 27.5 Å². The van der Waals surface area contributed by atoms with Gasteiger partial charge in [-0.1, -0.05) is 30.3 Å². The van der Waals surface area contributed by atoms with Crippen molar-refractivity contribution in [2.45, 2.75) is 6.04 Å². The summed E-state index contributed by atoms with van der Waals surface area (Å²) in [4.78, 5) is 13.6. The lowest BCUT2D eigenvalue weighted by atomic mass is 10.1.